The van der Waals surface area contributed by atoms with Crippen molar-refractivity contribution in [3.8, 4) is 11.3 Å². The second-order valence-electron chi connectivity index (χ2n) is 4.83. The quantitative estimate of drug-likeness (QED) is 0.743. The van der Waals surface area contributed by atoms with E-state index in [1.54, 1.807) is 28.8 Å². The number of amides is 1. The number of halogens is 1. The number of benzene rings is 1. The summed E-state index contributed by atoms with van der Waals surface area (Å²) in [6, 6.07) is 8.11. The Kier molecular flexibility index (Phi) is 4.04. The van der Waals surface area contributed by atoms with Gasteiger partial charge in [0.15, 0.2) is 5.13 Å². The van der Waals surface area contributed by atoms with Crippen LogP contribution in [0.3, 0.4) is 0 Å². The Morgan fingerprint density at radius 1 is 1.27 bits per heavy atom. The molecule has 0 aliphatic rings. The summed E-state index contributed by atoms with van der Waals surface area (Å²) < 4.78 is 13.2. The van der Waals surface area contributed by atoms with Crippen LogP contribution in [0.4, 0.5) is 9.52 Å². The number of hydrogen-bond donors (Lipinski definition) is 1. The van der Waals surface area contributed by atoms with E-state index in [4.69, 9.17) is 0 Å². The van der Waals surface area contributed by atoms with Crippen LogP contribution in [0.5, 0.6) is 0 Å². The third kappa shape index (κ3) is 3.08. The van der Waals surface area contributed by atoms with Gasteiger partial charge in [-0.25, -0.2) is 9.37 Å². The van der Waals surface area contributed by atoms with Gasteiger partial charge >= 0.3 is 0 Å². The average Bonchev–Trinajstić information content (AvgIpc) is 3.05. The van der Waals surface area contributed by atoms with Crippen molar-refractivity contribution in [2.75, 3.05) is 5.32 Å². The Morgan fingerprint density at radius 2 is 2.09 bits per heavy atom. The molecule has 0 radical (unpaired) electrons. The summed E-state index contributed by atoms with van der Waals surface area (Å²) in [5.74, 6) is -0.470. The number of anilines is 1. The third-order valence-corrected chi connectivity index (χ3v) is 4.85. The Bertz CT molecular complexity index is 838. The van der Waals surface area contributed by atoms with E-state index in [-0.39, 0.29) is 11.7 Å². The molecule has 0 saturated carbocycles. The number of aromatic nitrogens is 1. The largest absolute Gasteiger partial charge is 0.298 e. The van der Waals surface area contributed by atoms with Crippen molar-refractivity contribution in [3.63, 3.8) is 0 Å². The van der Waals surface area contributed by atoms with Crippen LogP contribution >= 0.6 is 22.7 Å². The molecule has 6 heteroatoms. The first-order valence-corrected chi connectivity index (χ1v) is 8.32. The Labute approximate surface area is 135 Å². The first-order valence-electron chi connectivity index (χ1n) is 6.63. The van der Waals surface area contributed by atoms with Gasteiger partial charge < -0.3 is 0 Å². The molecule has 3 aromatic rings. The lowest BCUT2D eigenvalue weighted by Gasteiger charge is -2.00. The standard InChI is InChI=1S/C16H13FN2OS2/c1-9-6-13(10(2)22-9)15(20)19-16-18-14(8-21-16)11-4-3-5-12(17)7-11/h3-8H,1-2H3,(H,18,19,20). The highest BCUT2D eigenvalue weighted by atomic mass is 32.1. The summed E-state index contributed by atoms with van der Waals surface area (Å²) in [6.07, 6.45) is 0. The van der Waals surface area contributed by atoms with Crippen LogP contribution in [-0.4, -0.2) is 10.9 Å². The molecule has 22 heavy (non-hydrogen) atoms. The maximum atomic E-state index is 13.2. The zero-order valence-electron chi connectivity index (χ0n) is 12.0. The molecule has 3 rings (SSSR count). The van der Waals surface area contributed by atoms with E-state index in [1.807, 2.05) is 19.9 Å². The molecule has 0 fully saturated rings. The molecule has 1 N–H and O–H groups in total. The van der Waals surface area contributed by atoms with Crippen LogP contribution in [0.1, 0.15) is 20.1 Å². The van der Waals surface area contributed by atoms with Crippen LogP contribution in [0.25, 0.3) is 11.3 Å². The van der Waals surface area contributed by atoms with Crippen molar-refractivity contribution >= 4 is 33.7 Å². The zero-order chi connectivity index (χ0) is 15.7. The van der Waals surface area contributed by atoms with Crippen LogP contribution < -0.4 is 5.32 Å². The first-order chi connectivity index (χ1) is 10.5. The predicted molar refractivity (Wildman–Crippen MR) is 89.3 cm³/mol. The molecule has 2 aromatic heterocycles. The fourth-order valence-corrected chi connectivity index (χ4v) is 3.77. The third-order valence-electron chi connectivity index (χ3n) is 3.13. The SMILES string of the molecule is Cc1cc(C(=O)Nc2nc(-c3cccc(F)c3)cs2)c(C)s1. The maximum Gasteiger partial charge on any atom is 0.258 e. The summed E-state index contributed by atoms with van der Waals surface area (Å²) >= 11 is 2.92. The van der Waals surface area contributed by atoms with Gasteiger partial charge in [-0.1, -0.05) is 12.1 Å². The Hall–Kier alpha value is -2.05. The van der Waals surface area contributed by atoms with Crippen molar-refractivity contribution < 1.29 is 9.18 Å². The number of aryl methyl sites for hydroxylation is 2. The van der Waals surface area contributed by atoms with E-state index in [1.165, 1.54) is 23.5 Å². The van der Waals surface area contributed by atoms with E-state index in [0.717, 1.165) is 9.75 Å². The van der Waals surface area contributed by atoms with Crippen LogP contribution in [-0.2, 0) is 0 Å². The molecule has 0 unspecified atom stereocenters. The van der Waals surface area contributed by atoms with Crippen molar-refractivity contribution in [1.82, 2.24) is 4.98 Å². The lowest BCUT2D eigenvalue weighted by molar-refractivity contribution is 0.102. The molecular weight excluding hydrogens is 319 g/mol. The monoisotopic (exact) mass is 332 g/mol. The van der Waals surface area contributed by atoms with Crippen molar-refractivity contribution in [2.45, 2.75) is 13.8 Å². The van der Waals surface area contributed by atoms with Crippen molar-refractivity contribution in [3.05, 3.63) is 56.8 Å². The molecule has 0 bridgehead atoms. The molecular formula is C16H13FN2OS2. The number of carbonyl (C=O) groups is 1. The second kappa shape index (κ2) is 5.98. The van der Waals surface area contributed by atoms with Gasteiger partial charge in [-0.15, -0.1) is 22.7 Å². The molecule has 1 amide bonds. The van der Waals surface area contributed by atoms with Gasteiger partial charge in [0.1, 0.15) is 5.82 Å². The zero-order valence-corrected chi connectivity index (χ0v) is 13.6. The minimum Gasteiger partial charge on any atom is -0.298 e. The fourth-order valence-electron chi connectivity index (χ4n) is 2.13. The van der Waals surface area contributed by atoms with Gasteiger partial charge in [-0.3, -0.25) is 10.1 Å². The topological polar surface area (TPSA) is 42.0 Å². The molecule has 3 nitrogen and oxygen atoms in total. The van der Waals surface area contributed by atoms with Crippen LogP contribution in [0.15, 0.2) is 35.7 Å². The Morgan fingerprint density at radius 3 is 2.77 bits per heavy atom. The second-order valence-corrected chi connectivity index (χ2v) is 7.15. The van der Waals surface area contributed by atoms with Gasteiger partial charge in [-0.2, -0.15) is 0 Å². The van der Waals surface area contributed by atoms with Gasteiger partial charge in [0.2, 0.25) is 0 Å². The number of carbonyl (C=O) groups excluding carboxylic acids is 1. The van der Waals surface area contributed by atoms with Gasteiger partial charge in [-0.05, 0) is 32.0 Å². The molecule has 2 heterocycles. The molecule has 112 valence electrons. The minimum atomic E-state index is -0.305. The molecule has 0 atom stereocenters. The van der Waals surface area contributed by atoms with E-state index in [2.05, 4.69) is 10.3 Å². The number of nitrogens with zero attached hydrogens (tertiary/aromatic N) is 1. The van der Waals surface area contributed by atoms with E-state index < -0.39 is 0 Å². The minimum absolute atomic E-state index is 0.165. The number of hydrogen-bond acceptors (Lipinski definition) is 4. The summed E-state index contributed by atoms with van der Waals surface area (Å²) in [6.45, 7) is 3.90. The van der Waals surface area contributed by atoms with Gasteiger partial charge in [0.05, 0.1) is 11.3 Å². The molecule has 1 aromatic carbocycles. The number of thiazole rings is 1. The highest BCUT2D eigenvalue weighted by Crippen LogP contribution is 2.27. The summed E-state index contributed by atoms with van der Waals surface area (Å²) in [7, 11) is 0. The van der Waals surface area contributed by atoms with E-state index in [0.29, 0.717) is 22.0 Å². The van der Waals surface area contributed by atoms with Gasteiger partial charge in [0, 0.05) is 20.7 Å². The van der Waals surface area contributed by atoms with Crippen LogP contribution in [0.2, 0.25) is 0 Å². The number of rotatable bonds is 3. The summed E-state index contributed by atoms with van der Waals surface area (Å²) in [5.41, 5.74) is 2.02. The predicted octanol–water partition coefficient (Wildman–Crippen LogP) is 4.88. The molecule has 0 spiro atoms. The van der Waals surface area contributed by atoms with E-state index >= 15 is 0 Å². The number of nitrogens with one attached hydrogen (secondary N) is 1. The molecule has 0 aliphatic heterocycles. The molecule has 0 saturated heterocycles. The van der Waals surface area contributed by atoms with E-state index in [9.17, 15) is 9.18 Å². The Balaban J connectivity index is 1.80. The van der Waals surface area contributed by atoms with Gasteiger partial charge in [0.25, 0.3) is 5.91 Å². The molecule has 0 aliphatic carbocycles. The normalized spacial score (nSPS) is 10.7. The lowest BCUT2D eigenvalue weighted by atomic mass is 10.2. The maximum absolute atomic E-state index is 13.2. The highest BCUT2D eigenvalue weighted by molar-refractivity contribution is 7.14. The van der Waals surface area contributed by atoms with Crippen LogP contribution in [0, 0.1) is 19.7 Å². The lowest BCUT2D eigenvalue weighted by Crippen LogP contribution is -2.11. The highest BCUT2D eigenvalue weighted by Gasteiger charge is 2.14. The first kappa shape index (κ1) is 14.9. The van der Waals surface area contributed by atoms with Crippen molar-refractivity contribution in [1.29, 1.82) is 0 Å². The smallest absolute Gasteiger partial charge is 0.258 e. The average molecular weight is 332 g/mol. The summed E-state index contributed by atoms with van der Waals surface area (Å²) in [5, 5.41) is 5.11. The summed E-state index contributed by atoms with van der Waals surface area (Å²) in [4.78, 5) is 18.7. The van der Waals surface area contributed by atoms with Crippen molar-refractivity contribution in [2.24, 2.45) is 0 Å². The number of thiophene rings is 1. The fraction of sp³-hybridized carbons (Fsp3) is 0.125.